The Balaban J connectivity index is 1.57. The summed E-state index contributed by atoms with van der Waals surface area (Å²) in [5, 5.41) is 3.28. The zero-order valence-electron chi connectivity index (χ0n) is 17.6. The van der Waals surface area contributed by atoms with Crippen molar-refractivity contribution in [2.75, 3.05) is 33.4 Å². The maximum absolute atomic E-state index is 12.1. The molecule has 0 bridgehead atoms. The molecule has 0 spiro atoms. The summed E-state index contributed by atoms with van der Waals surface area (Å²) in [5.74, 6) is 0.681. The Morgan fingerprint density at radius 2 is 1.87 bits per heavy atom. The number of nitrogens with one attached hydrogen (secondary N) is 1. The lowest BCUT2D eigenvalue weighted by Crippen LogP contribution is -3.17. The van der Waals surface area contributed by atoms with Gasteiger partial charge in [-0.15, -0.1) is 0 Å². The summed E-state index contributed by atoms with van der Waals surface area (Å²) in [4.78, 5) is 13.7. The Kier molecular flexibility index (Phi) is 6.47. The van der Waals surface area contributed by atoms with Crippen LogP contribution in [0.4, 0.5) is 0 Å². The third-order valence-electron chi connectivity index (χ3n) is 6.01. The molecule has 6 nitrogen and oxygen atoms in total. The lowest BCUT2D eigenvalue weighted by Gasteiger charge is -2.34. The van der Waals surface area contributed by atoms with E-state index in [4.69, 9.17) is 13.9 Å². The van der Waals surface area contributed by atoms with Crippen LogP contribution in [-0.4, -0.2) is 39.5 Å². The maximum atomic E-state index is 12.1. The molecule has 0 aliphatic carbocycles. The SMILES string of the molecule is COc1ccc2c(C[NH2+][C@H](C)[C@H](c3ccccc3)[NH+]3CCOCC3)cc(=O)oc2c1. The Bertz CT molecular complexity index is 1030. The summed E-state index contributed by atoms with van der Waals surface area (Å²) >= 11 is 0. The van der Waals surface area contributed by atoms with Crippen LogP contribution in [0, 0.1) is 0 Å². The van der Waals surface area contributed by atoms with Gasteiger partial charge in [0.25, 0.3) is 0 Å². The summed E-state index contributed by atoms with van der Waals surface area (Å²) in [6.07, 6.45) is 0. The van der Waals surface area contributed by atoms with E-state index in [-0.39, 0.29) is 5.63 Å². The van der Waals surface area contributed by atoms with Crippen molar-refractivity contribution in [2.45, 2.75) is 25.6 Å². The van der Waals surface area contributed by atoms with Crippen molar-refractivity contribution in [1.82, 2.24) is 0 Å². The van der Waals surface area contributed by atoms with Crippen molar-refractivity contribution in [3.63, 3.8) is 0 Å². The van der Waals surface area contributed by atoms with Crippen molar-refractivity contribution in [3.05, 3.63) is 76.1 Å². The second kappa shape index (κ2) is 9.43. The molecular weight excluding hydrogens is 380 g/mol. The minimum absolute atomic E-state index is 0.329. The number of nitrogens with two attached hydrogens (primary N) is 1. The standard InChI is InChI=1S/C24H28N2O4/c1-17(24(18-6-4-3-5-7-18)26-10-12-29-13-11-26)25-16-19-14-23(27)30-22-15-20(28-2)8-9-21(19)22/h3-9,14-15,17,24-25H,10-13,16H2,1-2H3/p+2/t17-,24-/m1/s1. The van der Waals surface area contributed by atoms with E-state index in [1.807, 2.05) is 12.1 Å². The first-order chi connectivity index (χ1) is 14.7. The smallest absolute Gasteiger partial charge is 0.336 e. The first-order valence-corrected chi connectivity index (χ1v) is 10.6. The Morgan fingerprint density at radius 3 is 2.60 bits per heavy atom. The van der Waals surface area contributed by atoms with Gasteiger partial charge >= 0.3 is 5.63 Å². The fourth-order valence-electron chi connectivity index (χ4n) is 4.47. The molecule has 0 saturated carbocycles. The third kappa shape index (κ3) is 4.56. The van der Waals surface area contributed by atoms with Gasteiger partial charge in [-0.2, -0.15) is 0 Å². The van der Waals surface area contributed by atoms with Gasteiger partial charge in [-0.1, -0.05) is 30.3 Å². The van der Waals surface area contributed by atoms with Gasteiger partial charge in [-0.05, 0) is 19.1 Å². The lowest BCUT2D eigenvalue weighted by molar-refractivity contribution is -0.959. The van der Waals surface area contributed by atoms with Gasteiger partial charge in [-0.3, -0.25) is 0 Å². The average Bonchev–Trinajstić information content (AvgIpc) is 2.78. The van der Waals surface area contributed by atoms with Gasteiger partial charge in [0, 0.05) is 28.6 Å². The molecule has 1 aliphatic heterocycles. The zero-order valence-corrected chi connectivity index (χ0v) is 17.6. The molecule has 3 aromatic rings. The molecule has 2 atom stereocenters. The molecule has 0 radical (unpaired) electrons. The van der Waals surface area contributed by atoms with Crippen LogP contribution in [0.1, 0.15) is 24.1 Å². The molecule has 0 unspecified atom stereocenters. The molecule has 30 heavy (non-hydrogen) atoms. The van der Waals surface area contributed by atoms with Crippen LogP contribution in [0.25, 0.3) is 11.0 Å². The van der Waals surface area contributed by atoms with Crippen LogP contribution < -0.4 is 20.6 Å². The van der Waals surface area contributed by atoms with Crippen molar-refractivity contribution < 1.29 is 24.1 Å². The van der Waals surface area contributed by atoms with E-state index in [2.05, 4.69) is 42.6 Å². The minimum atomic E-state index is -0.329. The van der Waals surface area contributed by atoms with Crippen molar-refractivity contribution in [1.29, 1.82) is 0 Å². The average molecular weight is 411 g/mol. The van der Waals surface area contributed by atoms with E-state index in [0.717, 1.165) is 37.3 Å². The molecule has 1 aliphatic rings. The van der Waals surface area contributed by atoms with Crippen LogP contribution in [0.3, 0.4) is 0 Å². The fraction of sp³-hybridized carbons (Fsp3) is 0.375. The predicted molar refractivity (Wildman–Crippen MR) is 115 cm³/mol. The third-order valence-corrected chi connectivity index (χ3v) is 6.01. The number of methoxy groups -OCH3 is 1. The van der Waals surface area contributed by atoms with E-state index >= 15 is 0 Å². The molecule has 1 saturated heterocycles. The number of rotatable bonds is 7. The molecular formula is C24H30N2O4+2. The number of hydrogen-bond acceptors (Lipinski definition) is 4. The lowest BCUT2D eigenvalue weighted by atomic mass is 9.97. The number of morpholine rings is 1. The first kappa shape index (κ1) is 20.6. The van der Waals surface area contributed by atoms with Crippen LogP contribution >= 0.6 is 0 Å². The Hall–Kier alpha value is -2.67. The highest BCUT2D eigenvalue weighted by Gasteiger charge is 2.33. The summed E-state index contributed by atoms with van der Waals surface area (Å²) in [5.41, 5.74) is 2.57. The van der Waals surface area contributed by atoms with E-state index in [1.54, 1.807) is 24.1 Å². The second-order valence-corrected chi connectivity index (χ2v) is 7.91. The van der Waals surface area contributed by atoms with E-state index in [9.17, 15) is 4.79 Å². The van der Waals surface area contributed by atoms with Crippen molar-refractivity contribution >= 4 is 11.0 Å². The quantitative estimate of drug-likeness (QED) is 0.568. The van der Waals surface area contributed by atoms with Crippen LogP contribution in [0.5, 0.6) is 5.75 Å². The minimum Gasteiger partial charge on any atom is -0.497 e. The largest absolute Gasteiger partial charge is 0.497 e. The molecule has 2 aromatic carbocycles. The second-order valence-electron chi connectivity index (χ2n) is 7.91. The van der Waals surface area contributed by atoms with E-state index in [0.29, 0.717) is 30.0 Å². The number of quaternary nitrogens is 2. The van der Waals surface area contributed by atoms with Gasteiger partial charge in [0.15, 0.2) is 6.04 Å². The Labute approximate surface area is 176 Å². The van der Waals surface area contributed by atoms with Crippen LogP contribution in [-0.2, 0) is 11.3 Å². The molecule has 0 amide bonds. The van der Waals surface area contributed by atoms with Gasteiger partial charge < -0.3 is 24.1 Å². The maximum Gasteiger partial charge on any atom is 0.336 e. The molecule has 3 N–H and O–H groups in total. The predicted octanol–water partition coefficient (Wildman–Crippen LogP) is 0.910. The number of ether oxygens (including phenoxy) is 2. The highest BCUT2D eigenvalue weighted by atomic mass is 16.5. The molecule has 158 valence electrons. The molecule has 1 aromatic heterocycles. The molecule has 2 heterocycles. The van der Waals surface area contributed by atoms with Crippen molar-refractivity contribution in [2.24, 2.45) is 0 Å². The van der Waals surface area contributed by atoms with Crippen LogP contribution in [0.2, 0.25) is 0 Å². The summed E-state index contributed by atoms with van der Waals surface area (Å²) in [6.45, 7) is 6.61. The zero-order chi connectivity index (χ0) is 20.9. The fourth-order valence-corrected chi connectivity index (χ4v) is 4.47. The van der Waals surface area contributed by atoms with Crippen LogP contribution in [0.15, 0.2) is 63.8 Å². The van der Waals surface area contributed by atoms with Gasteiger partial charge in [0.1, 0.15) is 37.0 Å². The van der Waals surface area contributed by atoms with E-state index in [1.165, 1.54) is 5.56 Å². The number of hydrogen-bond donors (Lipinski definition) is 2. The normalized spacial score (nSPS) is 17.0. The topological polar surface area (TPSA) is 69.7 Å². The molecule has 1 fully saturated rings. The van der Waals surface area contributed by atoms with Gasteiger partial charge in [-0.25, -0.2) is 4.79 Å². The number of benzene rings is 2. The number of fused-ring (bicyclic) bond motifs is 1. The summed E-state index contributed by atoms with van der Waals surface area (Å²) < 4.78 is 16.2. The molecule has 6 heteroatoms. The summed E-state index contributed by atoms with van der Waals surface area (Å²) in [6, 6.07) is 18.7. The Morgan fingerprint density at radius 1 is 1.10 bits per heavy atom. The van der Waals surface area contributed by atoms with Gasteiger partial charge in [0.05, 0.1) is 20.3 Å². The first-order valence-electron chi connectivity index (χ1n) is 10.6. The molecule has 4 rings (SSSR count). The van der Waals surface area contributed by atoms with Crippen molar-refractivity contribution in [3.8, 4) is 5.75 Å². The van der Waals surface area contributed by atoms with E-state index < -0.39 is 0 Å². The highest BCUT2D eigenvalue weighted by Crippen LogP contribution is 2.22. The van der Waals surface area contributed by atoms with Gasteiger partial charge in [0.2, 0.25) is 0 Å². The monoisotopic (exact) mass is 410 g/mol. The summed E-state index contributed by atoms with van der Waals surface area (Å²) in [7, 11) is 1.61. The highest BCUT2D eigenvalue weighted by molar-refractivity contribution is 5.81.